The molecule has 0 spiro atoms. The van der Waals surface area contributed by atoms with Gasteiger partial charge in [-0.3, -0.25) is 4.57 Å². The van der Waals surface area contributed by atoms with Crippen molar-refractivity contribution in [2.24, 2.45) is 0 Å². The number of rotatable bonds is 4. The van der Waals surface area contributed by atoms with Gasteiger partial charge < -0.3 is 13.9 Å². The van der Waals surface area contributed by atoms with E-state index in [1.165, 1.54) is 0 Å². The Hall–Kier alpha value is -2.95. The van der Waals surface area contributed by atoms with Crippen molar-refractivity contribution in [3.63, 3.8) is 0 Å². The number of aromatic nitrogens is 1. The summed E-state index contributed by atoms with van der Waals surface area (Å²) in [6, 6.07) is 15.4. The first kappa shape index (κ1) is 13.7. The van der Waals surface area contributed by atoms with Gasteiger partial charge in [0, 0.05) is 12.1 Å². The first-order valence-electron chi connectivity index (χ1n) is 7.44. The van der Waals surface area contributed by atoms with E-state index in [0.29, 0.717) is 18.7 Å². The fourth-order valence-corrected chi connectivity index (χ4v) is 2.61. The molecule has 0 atom stereocenters. The van der Waals surface area contributed by atoms with Crippen molar-refractivity contribution in [2.75, 3.05) is 6.79 Å². The van der Waals surface area contributed by atoms with Crippen LogP contribution < -0.4 is 15.2 Å². The Morgan fingerprint density at radius 3 is 2.70 bits per heavy atom. The number of ether oxygens (including phenoxy) is 2. The molecule has 1 aliphatic rings. The molecule has 2 heterocycles. The van der Waals surface area contributed by atoms with Gasteiger partial charge in [0.15, 0.2) is 17.3 Å². The summed E-state index contributed by atoms with van der Waals surface area (Å²) < 4.78 is 17.6. The predicted octanol–water partition coefficient (Wildman–Crippen LogP) is 3.08. The fraction of sp³-hybridized carbons (Fsp3) is 0.167. The van der Waals surface area contributed by atoms with Crippen LogP contribution in [0.15, 0.2) is 63.9 Å². The number of oxazole rings is 1. The van der Waals surface area contributed by atoms with E-state index in [1.807, 2.05) is 48.5 Å². The molecule has 23 heavy (non-hydrogen) atoms. The van der Waals surface area contributed by atoms with Crippen LogP contribution in [-0.2, 0) is 13.0 Å². The van der Waals surface area contributed by atoms with Crippen LogP contribution in [0.2, 0.25) is 0 Å². The van der Waals surface area contributed by atoms with Crippen LogP contribution in [0, 0.1) is 0 Å². The molecular formula is C18H15NO4. The van der Waals surface area contributed by atoms with E-state index in [-0.39, 0.29) is 12.5 Å². The zero-order chi connectivity index (χ0) is 15.6. The second-order valence-electron chi connectivity index (χ2n) is 5.36. The van der Waals surface area contributed by atoms with E-state index in [1.54, 1.807) is 10.8 Å². The van der Waals surface area contributed by atoms with E-state index >= 15 is 0 Å². The van der Waals surface area contributed by atoms with Gasteiger partial charge in [-0.15, -0.1) is 0 Å². The van der Waals surface area contributed by atoms with Crippen molar-refractivity contribution < 1.29 is 13.9 Å². The Balaban J connectivity index is 1.51. The Morgan fingerprint density at radius 2 is 1.83 bits per heavy atom. The molecule has 5 nitrogen and oxygen atoms in total. The van der Waals surface area contributed by atoms with Crippen LogP contribution in [0.4, 0.5) is 0 Å². The molecule has 0 bridgehead atoms. The van der Waals surface area contributed by atoms with Crippen molar-refractivity contribution in [3.05, 3.63) is 70.8 Å². The Labute approximate surface area is 132 Å². The Kier molecular flexibility index (Phi) is 3.38. The van der Waals surface area contributed by atoms with Crippen molar-refractivity contribution >= 4 is 0 Å². The second kappa shape index (κ2) is 5.68. The minimum absolute atomic E-state index is 0.264. The third-order valence-corrected chi connectivity index (χ3v) is 3.84. The van der Waals surface area contributed by atoms with Crippen molar-refractivity contribution in [3.8, 4) is 22.8 Å². The van der Waals surface area contributed by atoms with Crippen molar-refractivity contribution in [2.45, 2.75) is 13.0 Å². The minimum Gasteiger partial charge on any atom is -0.454 e. The molecule has 0 aliphatic carbocycles. The van der Waals surface area contributed by atoms with Crippen LogP contribution in [0.25, 0.3) is 11.3 Å². The predicted molar refractivity (Wildman–Crippen MR) is 84.7 cm³/mol. The summed E-state index contributed by atoms with van der Waals surface area (Å²) in [5.41, 5.74) is 1.98. The Morgan fingerprint density at radius 1 is 1.00 bits per heavy atom. The number of hydrogen-bond donors (Lipinski definition) is 0. The van der Waals surface area contributed by atoms with Crippen molar-refractivity contribution in [1.29, 1.82) is 0 Å². The van der Waals surface area contributed by atoms with E-state index in [9.17, 15) is 4.79 Å². The van der Waals surface area contributed by atoms with E-state index in [0.717, 1.165) is 22.6 Å². The summed E-state index contributed by atoms with van der Waals surface area (Å²) in [5, 5.41) is 0. The maximum absolute atomic E-state index is 12.0. The zero-order valence-corrected chi connectivity index (χ0v) is 12.4. The van der Waals surface area contributed by atoms with Gasteiger partial charge in [-0.2, -0.15) is 0 Å². The first-order chi connectivity index (χ1) is 11.3. The highest BCUT2D eigenvalue weighted by atomic mass is 16.7. The van der Waals surface area contributed by atoms with Gasteiger partial charge in [-0.05, 0) is 24.1 Å². The molecule has 0 N–H and O–H groups in total. The molecule has 2 aromatic carbocycles. The SMILES string of the molecule is O=c1oc(-c2ccccc2)cn1CCc1ccc2c(c1)OCO2. The van der Waals surface area contributed by atoms with Gasteiger partial charge in [0.05, 0.1) is 6.20 Å². The number of nitrogens with zero attached hydrogens (tertiary/aromatic N) is 1. The first-order valence-corrected chi connectivity index (χ1v) is 7.44. The lowest BCUT2D eigenvalue weighted by molar-refractivity contribution is 0.174. The fourth-order valence-electron chi connectivity index (χ4n) is 2.61. The molecule has 0 amide bonds. The molecular weight excluding hydrogens is 294 g/mol. The third kappa shape index (κ3) is 2.73. The molecule has 0 fully saturated rings. The minimum atomic E-state index is -0.343. The lowest BCUT2D eigenvalue weighted by atomic mass is 10.1. The Bertz CT molecular complexity index is 880. The molecule has 1 aliphatic heterocycles. The molecule has 4 rings (SSSR count). The largest absolute Gasteiger partial charge is 0.454 e. The summed E-state index contributed by atoms with van der Waals surface area (Å²) in [6.07, 6.45) is 2.47. The highest BCUT2D eigenvalue weighted by Crippen LogP contribution is 2.32. The summed E-state index contributed by atoms with van der Waals surface area (Å²) in [5.74, 6) is 1.76. The number of hydrogen-bond acceptors (Lipinski definition) is 4. The monoisotopic (exact) mass is 309 g/mol. The summed E-state index contributed by atoms with van der Waals surface area (Å²) in [4.78, 5) is 12.0. The molecule has 0 radical (unpaired) electrons. The third-order valence-electron chi connectivity index (χ3n) is 3.84. The molecule has 1 aromatic heterocycles. The van der Waals surface area contributed by atoms with Gasteiger partial charge in [0.25, 0.3) is 0 Å². The molecule has 0 saturated heterocycles. The van der Waals surface area contributed by atoms with Gasteiger partial charge in [-0.1, -0.05) is 36.4 Å². The smallest absolute Gasteiger partial charge is 0.419 e. The molecule has 0 saturated carbocycles. The van der Waals surface area contributed by atoms with Crippen LogP contribution in [0.5, 0.6) is 11.5 Å². The van der Waals surface area contributed by atoms with E-state index < -0.39 is 0 Å². The maximum Gasteiger partial charge on any atom is 0.419 e. The zero-order valence-electron chi connectivity index (χ0n) is 12.4. The van der Waals surface area contributed by atoms with E-state index in [2.05, 4.69) is 0 Å². The molecule has 116 valence electrons. The number of fused-ring (bicyclic) bond motifs is 1. The van der Waals surface area contributed by atoms with Crippen LogP contribution in [0.1, 0.15) is 5.56 Å². The van der Waals surface area contributed by atoms with Crippen LogP contribution >= 0.6 is 0 Å². The highest BCUT2D eigenvalue weighted by Gasteiger charge is 2.13. The summed E-state index contributed by atoms with van der Waals surface area (Å²) in [7, 11) is 0. The second-order valence-corrected chi connectivity index (χ2v) is 5.36. The lowest BCUT2D eigenvalue weighted by Crippen LogP contribution is -2.14. The number of benzene rings is 2. The van der Waals surface area contributed by atoms with E-state index in [4.69, 9.17) is 13.9 Å². The topological polar surface area (TPSA) is 53.6 Å². The lowest BCUT2D eigenvalue weighted by Gasteiger charge is -2.03. The summed E-state index contributed by atoms with van der Waals surface area (Å²) >= 11 is 0. The molecule has 5 heteroatoms. The normalized spacial score (nSPS) is 12.5. The summed E-state index contributed by atoms with van der Waals surface area (Å²) in [6.45, 7) is 0.815. The van der Waals surface area contributed by atoms with Crippen LogP contribution in [0.3, 0.4) is 0 Å². The van der Waals surface area contributed by atoms with Crippen LogP contribution in [-0.4, -0.2) is 11.4 Å². The van der Waals surface area contributed by atoms with Gasteiger partial charge >= 0.3 is 5.76 Å². The molecule has 3 aromatic rings. The average molecular weight is 309 g/mol. The van der Waals surface area contributed by atoms with Gasteiger partial charge in [-0.25, -0.2) is 4.79 Å². The highest BCUT2D eigenvalue weighted by molar-refractivity contribution is 5.55. The van der Waals surface area contributed by atoms with Gasteiger partial charge in [0.1, 0.15) is 0 Å². The maximum atomic E-state index is 12.0. The van der Waals surface area contributed by atoms with Crippen molar-refractivity contribution in [1.82, 2.24) is 4.57 Å². The average Bonchev–Trinajstić information content (AvgIpc) is 3.19. The number of aryl methyl sites for hydroxylation is 2. The standard InChI is InChI=1S/C18H15NO4/c20-18-19(11-17(23-18)14-4-2-1-3-5-14)9-8-13-6-7-15-16(10-13)22-12-21-15/h1-7,10-11H,8-9,12H2. The quantitative estimate of drug-likeness (QED) is 0.743. The molecule has 0 unspecified atom stereocenters. The van der Waals surface area contributed by atoms with Gasteiger partial charge in [0.2, 0.25) is 6.79 Å².